The molecule has 0 bridgehead atoms. The zero-order chi connectivity index (χ0) is 10.0. The molecule has 1 aromatic rings. The number of amides is 1. The van der Waals surface area contributed by atoms with Gasteiger partial charge in [0.25, 0.3) is 0 Å². The van der Waals surface area contributed by atoms with Crippen molar-refractivity contribution in [2.24, 2.45) is 11.1 Å². The third kappa shape index (κ3) is 1.78. The van der Waals surface area contributed by atoms with Crippen LogP contribution in [0.3, 0.4) is 0 Å². The summed E-state index contributed by atoms with van der Waals surface area (Å²) in [5, 5.41) is 2.89. The summed E-state index contributed by atoms with van der Waals surface area (Å²) in [6.45, 7) is 1.03. The van der Waals surface area contributed by atoms with Gasteiger partial charge >= 0.3 is 0 Å². The van der Waals surface area contributed by atoms with Gasteiger partial charge in [-0.05, 0) is 12.8 Å². The molecule has 0 aromatic carbocycles. The van der Waals surface area contributed by atoms with Gasteiger partial charge in [0.1, 0.15) is 0 Å². The molecule has 0 aliphatic heterocycles. The van der Waals surface area contributed by atoms with Crippen LogP contribution in [0.15, 0.2) is 11.7 Å². The van der Waals surface area contributed by atoms with Crippen molar-refractivity contribution in [1.82, 2.24) is 10.3 Å². The van der Waals surface area contributed by atoms with E-state index in [0.29, 0.717) is 13.1 Å². The number of rotatable bonds is 4. The van der Waals surface area contributed by atoms with Gasteiger partial charge in [-0.25, -0.2) is 0 Å². The van der Waals surface area contributed by atoms with Crippen LogP contribution in [0.25, 0.3) is 0 Å². The van der Waals surface area contributed by atoms with E-state index < -0.39 is 0 Å². The summed E-state index contributed by atoms with van der Waals surface area (Å²) in [5.74, 6) is 0.0911. The van der Waals surface area contributed by atoms with Gasteiger partial charge in [-0.2, -0.15) is 0 Å². The molecule has 1 fully saturated rings. The Hall–Kier alpha value is -0.940. The normalized spacial score (nSPS) is 17.8. The highest BCUT2D eigenvalue weighted by Crippen LogP contribution is 2.44. The van der Waals surface area contributed by atoms with Crippen molar-refractivity contribution in [2.75, 3.05) is 6.54 Å². The van der Waals surface area contributed by atoms with Gasteiger partial charge < -0.3 is 11.1 Å². The second-order valence-corrected chi connectivity index (χ2v) is 4.61. The third-order valence-electron chi connectivity index (χ3n) is 2.63. The molecule has 4 nitrogen and oxygen atoms in total. The maximum atomic E-state index is 11.6. The Bertz CT molecular complexity index is 319. The lowest BCUT2D eigenvalue weighted by atomic mass is 10.1. The fraction of sp³-hybridized carbons (Fsp3) is 0.556. The first-order valence-corrected chi connectivity index (χ1v) is 5.50. The molecule has 0 saturated heterocycles. The van der Waals surface area contributed by atoms with Gasteiger partial charge in [0.2, 0.25) is 5.91 Å². The van der Waals surface area contributed by atoms with E-state index in [0.717, 1.165) is 17.7 Å². The zero-order valence-electron chi connectivity index (χ0n) is 7.82. The Kier molecular flexibility index (Phi) is 2.52. The molecule has 1 aromatic heterocycles. The standard InChI is InChI=1S/C9H13N3OS/c10-5-9(1-2-9)8(13)12-4-7-3-11-6-14-7/h3,6H,1-2,4-5,10H2,(H,12,13). The van der Waals surface area contributed by atoms with Crippen molar-refractivity contribution in [1.29, 1.82) is 0 Å². The van der Waals surface area contributed by atoms with E-state index in [1.807, 2.05) is 0 Å². The number of nitrogens with zero attached hydrogens (tertiary/aromatic N) is 1. The Morgan fingerprint density at radius 1 is 1.71 bits per heavy atom. The highest BCUT2D eigenvalue weighted by molar-refractivity contribution is 7.09. The Morgan fingerprint density at radius 2 is 2.50 bits per heavy atom. The van der Waals surface area contributed by atoms with Crippen LogP contribution in [-0.4, -0.2) is 17.4 Å². The van der Waals surface area contributed by atoms with E-state index in [1.165, 1.54) is 0 Å². The molecule has 0 atom stereocenters. The van der Waals surface area contributed by atoms with Gasteiger partial charge in [-0.15, -0.1) is 11.3 Å². The van der Waals surface area contributed by atoms with Crippen molar-refractivity contribution in [3.05, 3.63) is 16.6 Å². The van der Waals surface area contributed by atoms with Crippen LogP contribution in [0.1, 0.15) is 17.7 Å². The number of thiazole rings is 1. The number of nitrogens with two attached hydrogens (primary N) is 1. The second kappa shape index (κ2) is 3.67. The largest absolute Gasteiger partial charge is 0.351 e. The molecule has 1 aliphatic carbocycles. The minimum Gasteiger partial charge on any atom is -0.351 e. The summed E-state index contributed by atoms with van der Waals surface area (Å²) in [4.78, 5) is 16.7. The minimum atomic E-state index is -0.245. The highest BCUT2D eigenvalue weighted by atomic mass is 32.1. The first-order chi connectivity index (χ1) is 6.77. The second-order valence-electron chi connectivity index (χ2n) is 3.63. The third-order valence-corrected chi connectivity index (χ3v) is 3.41. The van der Waals surface area contributed by atoms with Crippen LogP contribution in [0, 0.1) is 5.41 Å². The van der Waals surface area contributed by atoms with E-state index in [2.05, 4.69) is 10.3 Å². The fourth-order valence-electron chi connectivity index (χ4n) is 1.36. The number of aromatic nitrogens is 1. The number of nitrogens with one attached hydrogen (secondary N) is 1. The topological polar surface area (TPSA) is 68.0 Å². The zero-order valence-corrected chi connectivity index (χ0v) is 8.64. The van der Waals surface area contributed by atoms with Crippen molar-refractivity contribution in [3.8, 4) is 0 Å². The first-order valence-electron chi connectivity index (χ1n) is 4.63. The molecule has 0 radical (unpaired) electrons. The molecule has 1 amide bonds. The Labute approximate surface area is 86.5 Å². The van der Waals surface area contributed by atoms with Crippen LogP contribution in [0.5, 0.6) is 0 Å². The molecule has 76 valence electrons. The van der Waals surface area contributed by atoms with Crippen LogP contribution in [0.2, 0.25) is 0 Å². The predicted molar refractivity (Wildman–Crippen MR) is 54.7 cm³/mol. The van der Waals surface area contributed by atoms with Crippen LogP contribution >= 0.6 is 11.3 Å². The van der Waals surface area contributed by atoms with E-state index >= 15 is 0 Å². The van der Waals surface area contributed by atoms with E-state index in [4.69, 9.17) is 5.73 Å². The summed E-state index contributed by atoms with van der Waals surface area (Å²) < 4.78 is 0. The van der Waals surface area contributed by atoms with Gasteiger partial charge in [0.15, 0.2) is 0 Å². The fourth-order valence-corrected chi connectivity index (χ4v) is 1.89. The molecule has 1 saturated carbocycles. The molecule has 1 heterocycles. The lowest BCUT2D eigenvalue weighted by Crippen LogP contribution is -2.35. The molecular weight excluding hydrogens is 198 g/mol. The quantitative estimate of drug-likeness (QED) is 0.762. The molecule has 0 spiro atoms. The van der Waals surface area contributed by atoms with Gasteiger partial charge in [0, 0.05) is 17.6 Å². The number of hydrogen-bond acceptors (Lipinski definition) is 4. The van der Waals surface area contributed by atoms with Crippen LogP contribution in [0.4, 0.5) is 0 Å². The monoisotopic (exact) mass is 211 g/mol. The van der Waals surface area contributed by atoms with Crippen molar-refractivity contribution >= 4 is 17.2 Å². The number of carbonyl (C=O) groups excluding carboxylic acids is 1. The van der Waals surface area contributed by atoms with Crippen molar-refractivity contribution in [2.45, 2.75) is 19.4 Å². The SMILES string of the molecule is NCC1(C(=O)NCc2cncs2)CC1. The Morgan fingerprint density at radius 3 is 3.00 bits per heavy atom. The van der Waals surface area contributed by atoms with E-state index in [9.17, 15) is 4.79 Å². The lowest BCUT2D eigenvalue weighted by Gasteiger charge is -2.11. The van der Waals surface area contributed by atoms with Crippen LogP contribution < -0.4 is 11.1 Å². The molecule has 3 N–H and O–H groups in total. The maximum Gasteiger partial charge on any atom is 0.227 e. The summed E-state index contributed by atoms with van der Waals surface area (Å²) >= 11 is 1.55. The summed E-state index contributed by atoms with van der Waals surface area (Å²) in [6, 6.07) is 0. The molecule has 1 aliphatic rings. The maximum absolute atomic E-state index is 11.6. The number of hydrogen-bond donors (Lipinski definition) is 2. The molecule has 2 rings (SSSR count). The van der Waals surface area contributed by atoms with Gasteiger partial charge in [0.05, 0.1) is 17.5 Å². The van der Waals surface area contributed by atoms with Crippen molar-refractivity contribution in [3.63, 3.8) is 0 Å². The highest BCUT2D eigenvalue weighted by Gasteiger charge is 2.48. The summed E-state index contributed by atoms with van der Waals surface area (Å²) in [7, 11) is 0. The minimum absolute atomic E-state index is 0.0911. The molecule has 0 unspecified atom stereocenters. The van der Waals surface area contributed by atoms with E-state index in [-0.39, 0.29) is 11.3 Å². The number of carbonyl (C=O) groups is 1. The predicted octanol–water partition coefficient (Wildman–Crippen LogP) is 0.498. The molecular formula is C9H13N3OS. The first kappa shape index (κ1) is 9.61. The molecule has 14 heavy (non-hydrogen) atoms. The Balaban J connectivity index is 1.84. The summed E-state index contributed by atoms with van der Waals surface area (Å²) in [6.07, 6.45) is 3.63. The van der Waals surface area contributed by atoms with Crippen LogP contribution in [-0.2, 0) is 11.3 Å². The summed E-state index contributed by atoms with van der Waals surface area (Å²) in [5.41, 5.74) is 7.06. The average Bonchev–Trinajstić information content (AvgIpc) is 2.84. The van der Waals surface area contributed by atoms with E-state index in [1.54, 1.807) is 23.0 Å². The molecule has 5 heteroatoms. The van der Waals surface area contributed by atoms with Gasteiger partial charge in [-0.1, -0.05) is 0 Å². The van der Waals surface area contributed by atoms with Crippen molar-refractivity contribution < 1.29 is 4.79 Å². The van der Waals surface area contributed by atoms with Gasteiger partial charge in [-0.3, -0.25) is 9.78 Å². The average molecular weight is 211 g/mol. The smallest absolute Gasteiger partial charge is 0.227 e. The lowest BCUT2D eigenvalue weighted by molar-refractivity contribution is -0.126.